The fourth-order valence-corrected chi connectivity index (χ4v) is 5.03. The number of hydrogen-bond donors (Lipinski definition) is 2. The summed E-state index contributed by atoms with van der Waals surface area (Å²) < 4.78 is -1.03. The van der Waals surface area contributed by atoms with Gasteiger partial charge in [-0.3, -0.25) is 14.6 Å². The fraction of sp³-hybridized carbons (Fsp3) is 0.357. The molecule has 3 rings (SSSR count). The van der Waals surface area contributed by atoms with Crippen LogP contribution in [0.3, 0.4) is 0 Å². The number of nitrogens with zero attached hydrogens (tertiary/aromatic N) is 2. The van der Waals surface area contributed by atoms with E-state index in [-0.39, 0.29) is 17.8 Å². The lowest BCUT2D eigenvalue weighted by molar-refractivity contribution is -0.148. The lowest BCUT2D eigenvalue weighted by Crippen LogP contribution is -2.73. The zero-order valence-corrected chi connectivity index (χ0v) is 13.2. The fourth-order valence-electron chi connectivity index (χ4n) is 2.42. The summed E-state index contributed by atoms with van der Waals surface area (Å²) in [5.74, 6) is -0.654. The molecule has 0 spiro atoms. The van der Waals surface area contributed by atoms with Crippen LogP contribution in [0.15, 0.2) is 29.9 Å². The second kappa shape index (κ2) is 5.94. The van der Waals surface area contributed by atoms with E-state index in [1.54, 1.807) is 22.7 Å². The van der Waals surface area contributed by atoms with Crippen LogP contribution in [0, 0.1) is 0 Å². The molecule has 2 aliphatic rings. The molecule has 3 heterocycles. The number of carboxylic acids is 1. The molecule has 2 saturated heterocycles. The van der Waals surface area contributed by atoms with Crippen molar-refractivity contribution in [2.24, 2.45) is 5.73 Å². The second-order valence-electron chi connectivity index (χ2n) is 5.20. The molecule has 0 radical (unpaired) electrons. The molecular weight excluding hydrogens is 322 g/mol. The van der Waals surface area contributed by atoms with Crippen LogP contribution in [0.2, 0.25) is 0 Å². The first-order valence-electron chi connectivity index (χ1n) is 6.69. The molecule has 0 aliphatic carbocycles. The van der Waals surface area contributed by atoms with E-state index >= 15 is 0 Å². The van der Waals surface area contributed by atoms with Gasteiger partial charge in [-0.05, 0) is 23.1 Å². The van der Waals surface area contributed by atoms with Crippen molar-refractivity contribution in [2.45, 2.75) is 16.2 Å². The molecule has 0 saturated carbocycles. The number of aromatic nitrogens is 1. The summed E-state index contributed by atoms with van der Waals surface area (Å²) in [7, 11) is 0. The van der Waals surface area contributed by atoms with Crippen molar-refractivity contribution in [3.05, 3.63) is 35.5 Å². The van der Waals surface area contributed by atoms with Gasteiger partial charge in [0, 0.05) is 24.7 Å². The molecule has 0 bridgehead atoms. The Morgan fingerprint density at radius 1 is 1.64 bits per heavy atom. The van der Waals surface area contributed by atoms with Crippen molar-refractivity contribution >= 4 is 41.5 Å². The number of amides is 1. The molecule has 6 nitrogen and oxygen atoms in total. The number of hydrogen-bond acceptors (Lipinski definition) is 6. The van der Waals surface area contributed by atoms with E-state index in [1.165, 1.54) is 23.5 Å². The Balaban J connectivity index is 1.72. The first kappa shape index (κ1) is 15.4. The first-order valence-corrected chi connectivity index (χ1v) is 8.62. The normalized spacial score (nSPS) is 31.0. The number of carbonyl (C=O) groups excluding carboxylic acids is 1. The highest BCUT2D eigenvalue weighted by Crippen LogP contribution is 2.43. The number of pyridine rings is 1. The summed E-state index contributed by atoms with van der Waals surface area (Å²) in [5.41, 5.74) is 6.63. The van der Waals surface area contributed by atoms with E-state index in [9.17, 15) is 14.7 Å². The van der Waals surface area contributed by atoms with Gasteiger partial charge in [0.1, 0.15) is 16.2 Å². The maximum atomic E-state index is 11.8. The summed E-state index contributed by atoms with van der Waals surface area (Å²) in [6, 6.07) is 3.22. The predicted octanol–water partition coefficient (Wildman–Crippen LogP) is 0.851. The highest BCUT2D eigenvalue weighted by Gasteiger charge is 2.55. The van der Waals surface area contributed by atoms with Crippen LogP contribution in [0.4, 0.5) is 0 Å². The Hall–Kier alpha value is -1.51. The van der Waals surface area contributed by atoms with Gasteiger partial charge >= 0.3 is 5.97 Å². The van der Waals surface area contributed by atoms with Gasteiger partial charge in [0.05, 0.1) is 0 Å². The second-order valence-corrected chi connectivity index (χ2v) is 7.59. The number of thioether (sulfide) groups is 2. The Kier molecular flexibility index (Phi) is 4.16. The summed E-state index contributed by atoms with van der Waals surface area (Å²) in [6.07, 6.45) is 5.21. The van der Waals surface area contributed by atoms with Gasteiger partial charge in [-0.1, -0.05) is 6.07 Å². The maximum absolute atomic E-state index is 11.8. The number of aliphatic carboxylic acids is 1. The topological polar surface area (TPSA) is 96.5 Å². The largest absolute Gasteiger partial charge is 0.480 e. The summed E-state index contributed by atoms with van der Waals surface area (Å²) >= 11 is 2.67. The van der Waals surface area contributed by atoms with Gasteiger partial charge < -0.3 is 15.7 Å². The van der Waals surface area contributed by atoms with Crippen LogP contribution < -0.4 is 5.73 Å². The summed E-state index contributed by atoms with van der Waals surface area (Å²) in [4.78, 5) is 29.1. The van der Waals surface area contributed by atoms with Crippen LogP contribution >= 0.6 is 23.5 Å². The molecule has 1 aromatic heterocycles. The predicted molar refractivity (Wildman–Crippen MR) is 87.2 cm³/mol. The standard InChI is InChI=1S/C14H15N3O3S2/c15-10-11(18)17-7-14(13(19)20,8-21-12(10)17)22-5-3-9-2-1-4-16-6-9/h1-6,10,12H,7-8,15H2,(H,19,20)/t10?,12-,14?/m1/s1. The minimum atomic E-state index is -1.03. The number of nitrogens with two attached hydrogens (primary N) is 1. The number of carboxylic acid groups (broad SMARTS) is 1. The van der Waals surface area contributed by atoms with E-state index in [2.05, 4.69) is 4.98 Å². The number of β-lactam (4-membered cyclic amide) rings is 1. The quantitative estimate of drug-likeness (QED) is 0.786. The van der Waals surface area contributed by atoms with Crippen LogP contribution in [0.25, 0.3) is 6.08 Å². The van der Waals surface area contributed by atoms with E-state index in [0.717, 1.165) is 5.56 Å². The van der Waals surface area contributed by atoms with Gasteiger partial charge in [-0.25, -0.2) is 0 Å². The summed E-state index contributed by atoms with van der Waals surface area (Å²) in [6.45, 7) is 0.189. The van der Waals surface area contributed by atoms with Gasteiger partial charge in [0.25, 0.3) is 0 Å². The zero-order valence-electron chi connectivity index (χ0n) is 11.6. The molecular formula is C14H15N3O3S2. The molecule has 1 aromatic rings. The SMILES string of the molecule is NC1C(=O)N2CC(SC=Cc3cccnc3)(C(=O)O)CS[C@H]12. The highest BCUT2D eigenvalue weighted by molar-refractivity contribution is 8.06. The van der Waals surface area contributed by atoms with E-state index in [1.807, 2.05) is 18.2 Å². The molecule has 3 atom stereocenters. The van der Waals surface area contributed by atoms with Crippen molar-refractivity contribution in [3.8, 4) is 0 Å². The molecule has 1 amide bonds. The van der Waals surface area contributed by atoms with Crippen molar-refractivity contribution in [2.75, 3.05) is 12.3 Å². The Bertz CT molecular complexity index is 625. The highest BCUT2D eigenvalue weighted by atomic mass is 32.2. The molecule has 116 valence electrons. The molecule has 3 N–H and O–H groups in total. The van der Waals surface area contributed by atoms with E-state index < -0.39 is 16.8 Å². The molecule has 0 aromatic carbocycles. The summed E-state index contributed by atoms with van der Waals surface area (Å²) in [5, 5.41) is 11.3. The van der Waals surface area contributed by atoms with E-state index in [4.69, 9.17) is 5.73 Å². The van der Waals surface area contributed by atoms with Crippen molar-refractivity contribution in [3.63, 3.8) is 0 Å². The van der Waals surface area contributed by atoms with E-state index in [0.29, 0.717) is 5.75 Å². The minimum absolute atomic E-state index is 0.0807. The zero-order chi connectivity index (χ0) is 15.7. The third kappa shape index (κ3) is 2.62. The van der Waals surface area contributed by atoms with Crippen molar-refractivity contribution < 1.29 is 14.7 Å². The lowest BCUT2D eigenvalue weighted by Gasteiger charge is -2.52. The lowest BCUT2D eigenvalue weighted by atomic mass is 10.0. The monoisotopic (exact) mass is 337 g/mol. The van der Waals surface area contributed by atoms with Crippen molar-refractivity contribution in [1.29, 1.82) is 0 Å². The average Bonchev–Trinajstić information content (AvgIpc) is 2.54. The molecule has 8 heteroatoms. The maximum Gasteiger partial charge on any atom is 0.322 e. The number of rotatable bonds is 4. The number of carbonyl (C=O) groups is 2. The molecule has 2 aliphatic heterocycles. The average molecular weight is 337 g/mol. The van der Waals surface area contributed by atoms with Crippen molar-refractivity contribution in [1.82, 2.24) is 9.88 Å². The Labute approximate surface area is 136 Å². The third-order valence-electron chi connectivity index (χ3n) is 3.72. The van der Waals surface area contributed by atoms with Gasteiger partial charge in [0.2, 0.25) is 5.91 Å². The number of fused-ring (bicyclic) bond motifs is 1. The van der Waals surface area contributed by atoms with Gasteiger partial charge in [0.15, 0.2) is 0 Å². The van der Waals surface area contributed by atoms with Crippen LogP contribution in [-0.4, -0.2) is 55.3 Å². The third-order valence-corrected chi connectivity index (χ3v) is 6.63. The van der Waals surface area contributed by atoms with Crippen LogP contribution in [-0.2, 0) is 9.59 Å². The molecule has 22 heavy (non-hydrogen) atoms. The first-order chi connectivity index (χ1) is 10.5. The van der Waals surface area contributed by atoms with Crippen LogP contribution in [0.1, 0.15) is 5.56 Å². The minimum Gasteiger partial charge on any atom is -0.480 e. The van der Waals surface area contributed by atoms with Gasteiger partial charge in [-0.2, -0.15) is 0 Å². The Morgan fingerprint density at radius 3 is 3.14 bits per heavy atom. The molecule has 2 unspecified atom stereocenters. The van der Waals surface area contributed by atoms with Gasteiger partial charge in [-0.15, -0.1) is 23.5 Å². The Morgan fingerprint density at radius 2 is 2.45 bits per heavy atom. The van der Waals surface area contributed by atoms with Crippen LogP contribution in [0.5, 0.6) is 0 Å². The smallest absolute Gasteiger partial charge is 0.322 e. The molecule has 2 fully saturated rings.